The van der Waals surface area contributed by atoms with Crippen LogP contribution in [-0.4, -0.2) is 36.9 Å². The van der Waals surface area contributed by atoms with Gasteiger partial charge in [0.05, 0.1) is 19.1 Å². The fourth-order valence-electron chi connectivity index (χ4n) is 1.94. The molecule has 1 unspecified atom stereocenters. The lowest BCUT2D eigenvalue weighted by molar-refractivity contribution is -0.123. The van der Waals surface area contributed by atoms with Crippen molar-refractivity contribution in [2.45, 2.75) is 38.2 Å². The molecule has 15 heavy (non-hydrogen) atoms. The number of ether oxygens (including phenoxy) is 1. The SMILES string of the molecule is O=C(CC1CCCO1)NCC1(CO)CC1. The summed E-state index contributed by atoms with van der Waals surface area (Å²) in [4.78, 5) is 11.5. The number of hydrogen-bond acceptors (Lipinski definition) is 3. The van der Waals surface area contributed by atoms with E-state index in [-0.39, 0.29) is 24.0 Å². The van der Waals surface area contributed by atoms with E-state index in [1.54, 1.807) is 0 Å². The first kappa shape index (κ1) is 10.9. The van der Waals surface area contributed by atoms with Crippen LogP contribution in [0.2, 0.25) is 0 Å². The van der Waals surface area contributed by atoms with Crippen molar-refractivity contribution in [3.63, 3.8) is 0 Å². The summed E-state index contributed by atoms with van der Waals surface area (Å²) >= 11 is 0. The van der Waals surface area contributed by atoms with Crippen molar-refractivity contribution in [1.29, 1.82) is 0 Å². The summed E-state index contributed by atoms with van der Waals surface area (Å²) in [5, 5.41) is 12.0. The number of aliphatic hydroxyl groups excluding tert-OH is 1. The van der Waals surface area contributed by atoms with Gasteiger partial charge in [-0.1, -0.05) is 0 Å². The lowest BCUT2D eigenvalue weighted by atomic mass is 10.1. The molecule has 1 saturated heterocycles. The maximum Gasteiger partial charge on any atom is 0.222 e. The molecule has 1 atom stereocenters. The quantitative estimate of drug-likeness (QED) is 0.697. The third-order valence-corrected chi connectivity index (χ3v) is 3.39. The van der Waals surface area contributed by atoms with Crippen molar-refractivity contribution in [3.8, 4) is 0 Å². The fourth-order valence-corrected chi connectivity index (χ4v) is 1.94. The number of carbonyl (C=O) groups excluding carboxylic acids is 1. The van der Waals surface area contributed by atoms with Crippen LogP contribution < -0.4 is 5.32 Å². The number of amides is 1. The third-order valence-electron chi connectivity index (χ3n) is 3.39. The molecule has 2 N–H and O–H groups in total. The average molecular weight is 213 g/mol. The van der Waals surface area contributed by atoms with Gasteiger partial charge in [-0.2, -0.15) is 0 Å². The molecule has 0 aromatic carbocycles. The van der Waals surface area contributed by atoms with E-state index in [0.29, 0.717) is 13.0 Å². The van der Waals surface area contributed by atoms with Gasteiger partial charge in [0, 0.05) is 18.6 Å². The van der Waals surface area contributed by atoms with Gasteiger partial charge in [-0.3, -0.25) is 4.79 Å². The molecule has 2 rings (SSSR count). The molecule has 1 heterocycles. The van der Waals surface area contributed by atoms with Crippen molar-refractivity contribution >= 4 is 5.91 Å². The number of hydrogen-bond donors (Lipinski definition) is 2. The number of rotatable bonds is 5. The van der Waals surface area contributed by atoms with Crippen molar-refractivity contribution in [1.82, 2.24) is 5.32 Å². The monoisotopic (exact) mass is 213 g/mol. The Balaban J connectivity index is 1.64. The van der Waals surface area contributed by atoms with Gasteiger partial charge in [-0.15, -0.1) is 0 Å². The Morgan fingerprint density at radius 3 is 2.87 bits per heavy atom. The molecule has 2 aliphatic rings. The van der Waals surface area contributed by atoms with Crippen LogP contribution >= 0.6 is 0 Å². The summed E-state index contributed by atoms with van der Waals surface area (Å²) in [5.41, 5.74) is 0.00614. The van der Waals surface area contributed by atoms with Gasteiger partial charge in [0.1, 0.15) is 0 Å². The minimum absolute atomic E-state index is 0.00614. The Morgan fingerprint density at radius 1 is 1.53 bits per heavy atom. The Hall–Kier alpha value is -0.610. The topological polar surface area (TPSA) is 58.6 Å². The molecule has 2 fully saturated rings. The van der Waals surface area contributed by atoms with E-state index in [1.807, 2.05) is 0 Å². The van der Waals surface area contributed by atoms with Crippen LogP contribution in [0.1, 0.15) is 32.1 Å². The van der Waals surface area contributed by atoms with E-state index >= 15 is 0 Å². The molecule has 4 nitrogen and oxygen atoms in total. The molecule has 0 spiro atoms. The normalized spacial score (nSPS) is 27.7. The number of nitrogens with one attached hydrogen (secondary N) is 1. The number of carbonyl (C=O) groups is 1. The molecule has 1 saturated carbocycles. The summed E-state index contributed by atoms with van der Waals surface area (Å²) in [6.07, 6.45) is 4.72. The molecule has 0 bridgehead atoms. The zero-order chi connectivity index (χ0) is 10.7. The van der Waals surface area contributed by atoms with E-state index in [4.69, 9.17) is 9.84 Å². The molecule has 1 amide bonds. The first-order chi connectivity index (χ1) is 7.24. The van der Waals surface area contributed by atoms with Crippen molar-refractivity contribution in [2.24, 2.45) is 5.41 Å². The second kappa shape index (κ2) is 4.49. The maximum atomic E-state index is 11.5. The van der Waals surface area contributed by atoms with Crippen LogP contribution in [0.15, 0.2) is 0 Å². The summed E-state index contributed by atoms with van der Waals surface area (Å²) in [7, 11) is 0. The van der Waals surface area contributed by atoms with Crippen LogP contribution in [-0.2, 0) is 9.53 Å². The first-order valence-corrected chi connectivity index (χ1v) is 5.73. The summed E-state index contributed by atoms with van der Waals surface area (Å²) in [6, 6.07) is 0. The van der Waals surface area contributed by atoms with Crippen molar-refractivity contribution < 1.29 is 14.6 Å². The van der Waals surface area contributed by atoms with E-state index < -0.39 is 0 Å². The van der Waals surface area contributed by atoms with Gasteiger partial charge in [-0.25, -0.2) is 0 Å². The molecule has 0 aromatic heterocycles. The lowest BCUT2D eigenvalue weighted by Crippen LogP contribution is -2.33. The largest absolute Gasteiger partial charge is 0.396 e. The van der Waals surface area contributed by atoms with Gasteiger partial charge in [-0.05, 0) is 25.7 Å². The molecule has 86 valence electrons. The standard InChI is InChI=1S/C11H19NO3/c13-8-11(3-4-11)7-12-10(14)6-9-2-1-5-15-9/h9,13H,1-8H2,(H,12,14). The van der Waals surface area contributed by atoms with Gasteiger partial charge >= 0.3 is 0 Å². The fraction of sp³-hybridized carbons (Fsp3) is 0.909. The van der Waals surface area contributed by atoms with Crippen molar-refractivity contribution in [2.75, 3.05) is 19.8 Å². The van der Waals surface area contributed by atoms with Crippen LogP contribution in [0.3, 0.4) is 0 Å². The van der Waals surface area contributed by atoms with E-state index in [9.17, 15) is 4.79 Å². The number of aliphatic hydroxyl groups is 1. The minimum Gasteiger partial charge on any atom is -0.396 e. The zero-order valence-corrected chi connectivity index (χ0v) is 9.00. The van der Waals surface area contributed by atoms with Crippen LogP contribution in [0.5, 0.6) is 0 Å². The van der Waals surface area contributed by atoms with Gasteiger partial charge in [0.25, 0.3) is 0 Å². The second-order valence-electron chi connectivity index (χ2n) is 4.77. The van der Waals surface area contributed by atoms with E-state index in [2.05, 4.69) is 5.32 Å². The predicted molar refractivity (Wildman–Crippen MR) is 55.4 cm³/mol. The molecule has 1 aliphatic carbocycles. The minimum atomic E-state index is 0.00614. The summed E-state index contributed by atoms with van der Waals surface area (Å²) in [6.45, 7) is 1.60. The lowest BCUT2D eigenvalue weighted by Gasteiger charge is -2.14. The molecular formula is C11H19NO3. The first-order valence-electron chi connectivity index (χ1n) is 5.73. The van der Waals surface area contributed by atoms with Crippen LogP contribution in [0, 0.1) is 5.41 Å². The highest BCUT2D eigenvalue weighted by Gasteiger charge is 2.42. The van der Waals surface area contributed by atoms with Gasteiger partial charge in [0.2, 0.25) is 5.91 Å². The Morgan fingerprint density at radius 2 is 2.33 bits per heavy atom. The highest BCUT2D eigenvalue weighted by atomic mass is 16.5. The van der Waals surface area contributed by atoms with Gasteiger partial charge in [0.15, 0.2) is 0 Å². The third kappa shape index (κ3) is 2.92. The molecule has 0 radical (unpaired) electrons. The van der Waals surface area contributed by atoms with E-state index in [1.165, 1.54) is 0 Å². The molecular weight excluding hydrogens is 194 g/mol. The average Bonchev–Trinajstić information content (AvgIpc) is 2.86. The van der Waals surface area contributed by atoms with Crippen LogP contribution in [0.25, 0.3) is 0 Å². The van der Waals surface area contributed by atoms with Crippen molar-refractivity contribution in [3.05, 3.63) is 0 Å². The Bertz CT molecular complexity index is 232. The summed E-state index contributed by atoms with van der Waals surface area (Å²) in [5.74, 6) is 0.0571. The van der Waals surface area contributed by atoms with Crippen LogP contribution in [0.4, 0.5) is 0 Å². The molecule has 0 aromatic rings. The maximum absolute atomic E-state index is 11.5. The Labute approximate surface area is 90.0 Å². The predicted octanol–water partition coefficient (Wildman–Crippen LogP) is 0.444. The Kier molecular flexibility index (Phi) is 3.26. The zero-order valence-electron chi connectivity index (χ0n) is 9.00. The highest BCUT2D eigenvalue weighted by molar-refractivity contribution is 5.76. The molecule has 4 heteroatoms. The summed E-state index contributed by atoms with van der Waals surface area (Å²) < 4.78 is 5.39. The molecule has 1 aliphatic heterocycles. The second-order valence-corrected chi connectivity index (χ2v) is 4.77. The highest BCUT2D eigenvalue weighted by Crippen LogP contribution is 2.44. The smallest absolute Gasteiger partial charge is 0.222 e. The van der Waals surface area contributed by atoms with Gasteiger partial charge < -0.3 is 15.2 Å². The van der Waals surface area contributed by atoms with E-state index in [0.717, 1.165) is 32.3 Å².